The van der Waals surface area contributed by atoms with E-state index < -0.39 is 0 Å². The molecule has 0 aromatic carbocycles. The molecule has 0 saturated heterocycles. The van der Waals surface area contributed by atoms with E-state index in [-0.39, 0.29) is 29.9 Å². The Kier molecular flexibility index (Phi) is 15.2. The van der Waals surface area contributed by atoms with Crippen LogP contribution in [0.3, 0.4) is 0 Å². The van der Waals surface area contributed by atoms with E-state index in [1.807, 2.05) is 6.92 Å². The fourth-order valence-corrected chi connectivity index (χ4v) is 1.42. The van der Waals surface area contributed by atoms with E-state index in [4.69, 9.17) is 0 Å². The van der Waals surface area contributed by atoms with E-state index in [1.165, 1.54) is 13.5 Å². The average Bonchev–Trinajstić information content (AvgIpc) is 2.33. The van der Waals surface area contributed by atoms with Gasteiger partial charge in [0.25, 0.3) is 0 Å². The second kappa shape index (κ2) is 13.9. The van der Waals surface area contributed by atoms with Gasteiger partial charge in [-0.2, -0.15) is 0 Å². The first-order chi connectivity index (χ1) is 8.60. The second-order valence-electron chi connectivity index (χ2n) is 4.55. The second-order valence-corrected chi connectivity index (χ2v) is 4.55. The van der Waals surface area contributed by atoms with E-state index in [2.05, 4.69) is 34.2 Å². The van der Waals surface area contributed by atoms with Crippen LogP contribution in [0.2, 0.25) is 0 Å². The number of hydrogen-bond acceptors (Lipinski definition) is 3. The molecule has 0 fully saturated rings. The van der Waals surface area contributed by atoms with Gasteiger partial charge in [-0.05, 0) is 25.7 Å². The molecule has 0 unspecified atom stereocenters. The van der Waals surface area contributed by atoms with Gasteiger partial charge in [0.1, 0.15) is 0 Å². The molecule has 0 saturated carbocycles. The molecule has 0 aliphatic carbocycles. The minimum atomic E-state index is -0.210. The molecule has 0 aromatic rings. The molecular weight excluding hydrogens is 357 g/mol. The molecule has 5 nitrogen and oxygen atoms in total. The zero-order chi connectivity index (χ0) is 13.8. The Morgan fingerprint density at radius 3 is 2.53 bits per heavy atom. The van der Waals surface area contributed by atoms with E-state index in [9.17, 15) is 4.79 Å². The Bertz CT molecular complexity index is 258. The standard InChI is InChI=1S/C13H27N3O2.HI/c1-5-14-13(15-9-6-7-11(2)3)16-10-8-12(17)18-4;/h11H,5-10H2,1-4H3,(H2,14,15,16);1H. The number of esters is 1. The monoisotopic (exact) mass is 385 g/mol. The molecule has 19 heavy (non-hydrogen) atoms. The summed E-state index contributed by atoms with van der Waals surface area (Å²) in [6.07, 6.45) is 2.63. The maximum atomic E-state index is 11.0. The van der Waals surface area contributed by atoms with Crippen LogP contribution < -0.4 is 10.6 Å². The number of carbonyl (C=O) groups excluding carboxylic acids is 1. The minimum Gasteiger partial charge on any atom is -0.469 e. The fourth-order valence-electron chi connectivity index (χ4n) is 1.42. The van der Waals surface area contributed by atoms with E-state index in [0.717, 1.165) is 31.4 Å². The van der Waals surface area contributed by atoms with Crippen molar-refractivity contribution in [2.75, 3.05) is 26.7 Å². The highest BCUT2D eigenvalue weighted by molar-refractivity contribution is 14.0. The van der Waals surface area contributed by atoms with Crippen molar-refractivity contribution in [2.45, 2.75) is 40.0 Å². The van der Waals surface area contributed by atoms with Crippen LogP contribution in [-0.2, 0) is 9.53 Å². The number of rotatable bonds is 8. The summed E-state index contributed by atoms with van der Waals surface area (Å²) in [5.74, 6) is 1.28. The topological polar surface area (TPSA) is 62.7 Å². The van der Waals surface area contributed by atoms with E-state index >= 15 is 0 Å². The predicted octanol–water partition coefficient (Wildman–Crippen LogP) is 2.16. The van der Waals surface area contributed by atoms with E-state index in [1.54, 1.807) is 0 Å². The van der Waals surface area contributed by atoms with Crippen molar-refractivity contribution in [2.24, 2.45) is 10.9 Å². The molecule has 2 N–H and O–H groups in total. The summed E-state index contributed by atoms with van der Waals surface area (Å²) in [6.45, 7) is 8.61. The Morgan fingerprint density at radius 2 is 2.00 bits per heavy atom. The summed E-state index contributed by atoms with van der Waals surface area (Å²) < 4.78 is 4.58. The lowest BCUT2D eigenvalue weighted by atomic mass is 10.1. The molecule has 0 aliphatic rings. The van der Waals surface area contributed by atoms with Crippen molar-refractivity contribution in [1.82, 2.24) is 10.6 Å². The molecule has 0 amide bonds. The zero-order valence-corrected chi connectivity index (χ0v) is 14.8. The summed E-state index contributed by atoms with van der Waals surface area (Å²) in [5.41, 5.74) is 0. The highest BCUT2D eigenvalue weighted by Crippen LogP contribution is 2.02. The third kappa shape index (κ3) is 13.7. The normalized spacial score (nSPS) is 10.9. The Labute approximate surface area is 134 Å². The number of ether oxygens (including phenoxy) is 1. The third-order valence-corrected chi connectivity index (χ3v) is 2.40. The Balaban J connectivity index is 0. The molecule has 6 heteroatoms. The summed E-state index contributed by atoms with van der Waals surface area (Å²) in [5, 5.41) is 6.26. The van der Waals surface area contributed by atoms with Crippen LogP contribution in [0.25, 0.3) is 0 Å². The zero-order valence-electron chi connectivity index (χ0n) is 12.5. The number of carbonyl (C=O) groups is 1. The lowest BCUT2D eigenvalue weighted by Crippen LogP contribution is -2.38. The van der Waals surface area contributed by atoms with Gasteiger partial charge in [-0.15, -0.1) is 24.0 Å². The number of methoxy groups -OCH3 is 1. The predicted molar refractivity (Wildman–Crippen MR) is 90.1 cm³/mol. The van der Waals surface area contributed by atoms with Crippen LogP contribution in [0.1, 0.15) is 40.0 Å². The molecule has 0 aromatic heterocycles. The van der Waals surface area contributed by atoms with Gasteiger partial charge in [-0.3, -0.25) is 9.79 Å². The van der Waals surface area contributed by atoms with Crippen LogP contribution in [0.4, 0.5) is 0 Å². The number of aliphatic imine (C=N–C) groups is 1. The van der Waals surface area contributed by atoms with Gasteiger partial charge in [-0.1, -0.05) is 13.8 Å². The van der Waals surface area contributed by atoms with Crippen molar-refractivity contribution in [1.29, 1.82) is 0 Å². The number of guanidine groups is 1. The average molecular weight is 385 g/mol. The summed E-state index contributed by atoms with van der Waals surface area (Å²) in [6, 6.07) is 0. The van der Waals surface area contributed by atoms with Crippen LogP contribution in [-0.4, -0.2) is 38.7 Å². The van der Waals surface area contributed by atoms with Crippen LogP contribution in [0, 0.1) is 5.92 Å². The molecule has 0 rings (SSSR count). The van der Waals surface area contributed by atoms with Crippen molar-refractivity contribution in [3.63, 3.8) is 0 Å². The highest BCUT2D eigenvalue weighted by atomic mass is 127. The molecule has 0 radical (unpaired) electrons. The first kappa shape index (κ1) is 20.8. The quantitative estimate of drug-likeness (QED) is 0.221. The van der Waals surface area contributed by atoms with Gasteiger partial charge >= 0.3 is 5.97 Å². The number of halogens is 1. The van der Waals surface area contributed by atoms with E-state index in [0.29, 0.717) is 13.0 Å². The van der Waals surface area contributed by atoms with Crippen molar-refractivity contribution in [3.05, 3.63) is 0 Å². The molecule has 0 heterocycles. The highest BCUT2D eigenvalue weighted by Gasteiger charge is 2.01. The SMILES string of the molecule is CCNC(=NCCCC(C)C)NCCC(=O)OC.I. The summed E-state index contributed by atoms with van der Waals surface area (Å²) in [7, 11) is 1.40. The molecule has 0 bridgehead atoms. The smallest absolute Gasteiger partial charge is 0.307 e. The van der Waals surface area contributed by atoms with Gasteiger partial charge in [-0.25, -0.2) is 0 Å². The first-order valence-electron chi connectivity index (χ1n) is 6.69. The molecule has 0 atom stereocenters. The van der Waals surface area contributed by atoms with Gasteiger partial charge < -0.3 is 15.4 Å². The number of nitrogens with zero attached hydrogens (tertiary/aromatic N) is 1. The van der Waals surface area contributed by atoms with Crippen LogP contribution in [0.5, 0.6) is 0 Å². The number of nitrogens with one attached hydrogen (secondary N) is 2. The van der Waals surface area contributed by atoms with Crippen LogP contribution >= 0.6 is 24.0 Å². The Morgan fingerprint density at radius 1 is 1.32 bits per heavy atom. The van der Waals surface area contributed by atoms with Gasteiger partial charge in [0.2, 0.25) is 0 Å². The fraction of sp³-hybridized carbons (Fsp3) is 0.846. The lowest BCUT2D eigenvalue weighted by molar-refractivity contribution is -0.140. The first-order valence-corrected chi connectivity index (χ1v) is 6.69. The van der Waals surface area contributed by atoms with Crippen molar-refractivity contribution < 1.29 is 9.53 Å². The summed E-state index contributed by atoms with van der Waals surface area (Å²) in [4.78, 5) is 15.4. The minimum absolute atomic E-state index is 0. The maximum absolute atomic E-state index is 11.0. The molecule has 114 valence electrons. The maximum Gasteiger partial charge on any atom is 0.307 e. The van der Waals surface area contributed by atoms with Gasteiger partial charge in [0.15, 0.2) is 5.96 Å². The van der Waals surface area contributed by atoms with Crippen LogP contribution in [0.15, 0.2) is 4.99 Å². The third-order valence-electron chi connectivity index (χ3n) is 2.40. The van der Waals surface area contributed by atoms with Crippen molar-refractivity contribution in [3.8, 4) is 0 Å². The molecule has 0 aliphatic heterocycles. The molecular formula is C13H28IN3O2. The largest absolute Gasteiger partial charge is 0.469 e. The van der Waals surface area contributed by atoms with Gasteiger partial charge in [0, 0.05) is 19.6 Å². The summed E-state index contributed by atoms with van der Waals surface area (Å²) >= 11 is 0. The lowest BCUT2D eigenvalue weighted by Gasteiger charge is -2.10. The number of hydrogen-bond donors (Lipinski definition) is 2. The molecule has 0 spiro atoms. The van der Waals surface area contributed by atoms with Crippen molar-refractivity contribution >= 4 is 35.9 Å². The van der Waals surface area contributed by atoms with Gasteiger partial charge in [0.05, 0.1) is 13.5 Å². The Hall–Kier alpha value is -0.530.